The molecule has 0 bridgehead atoms. The number of hydrogen-bond donors (Lipinski definition) is 1. The third-order valence-corrected chi connectivity index (χ3v) is 3.00. The molecule has 1 aromatic rings. The van der Waals surface area contributed by atoms with Crippen LogP contribution in [-0.4, -0.2) is 28.9 Å². The summed E-state index contributed by atoms with van der Waals surface area (Å²) in [4.78, 5) is 4.12. The summed E-state index contributed by atoms with van der Waals surface area (Å²) >= 11 is 1.55. The van der Waals surface area contributed by atoms with Crippen molar-refractivity contribution in [3.05, 3.63) is 16.6 Å². The van der Waals surface area contributed by atoms with Crippen molar-refractivity contribution < 1.29 is 9.84 Å². The smallest absolute Gasteiger partial charge is 0.0954 e. The maximum Gasteiger partial charge on any atom is 0.0954 e. The lowest BCUT2D eigenvalue weighted by Crippen LogP contribution is -2.40. The fourth-order valence-corrected chi connectivity index (χ4v) is 1.82. The van der Waals surface area contributed by atoms with E-state index in [0.717, 1.165) is 5.01 Å². The molecule has 1 N–H and O–H groups in total. The summed E-state index contributed by atoms with van der Waals surface area (Å²) in [5.74, 6) is 0. The number of hydrogen-bond acceptors (Lipinski definition) is 4. The lowest BCUT2D eigenvalue weighted by molar-refractivity contribution is -0.0715. The SMILES string of the molecule is COC(C)C(C)(O)Cc1nccs1. The number of thiazole rings is 1. The molecule has 2 unspecified atom stereocenters. The number of rotatable bonds is 4. The minimum atomic E-state index is -0.841. The topological polar surface area (TPSA) is 42.4 Å². The van der Waals surface area contributed by atoms with Crippen LogP contribution in [0, 0.1) is 0 Å². The van der Waals surface area contributed by atoms with Crippen LogP contribution in [0.3, 0.4) is 0 Å². The maximum absolute atomic E-state index is 10.00. The molecule has 4 heteroatoms. The molecule has 1 heterocycles. The molecule has 0 saturated carbocycles. The number of aromatic nitrogens is 1. The molecule has 0 aliphatic heterocycles. The average molecular weight is 201 g/mol. The fraction of sp³-hybridized carbons (Fsp3) is 0.667. The molecule has 74 valence electrons. The maximum atomic E-state index is 10.00. The van der Waals surface area contributed by atoms with Gasteiger partial charge in [-0.3, -0.25) is 0 Å². The Morgan fingerprint density at radius 2 is 2.46 bits per heavy atom. The summed E-state index contributed by atoms with van der Waals surface area (Å²) in [5.41, 5.74) is -0.841. The van der Waals surface area contributed by atoms with Gasteiger partial charge in [-0.05, 0) is 13.8 Å². The third-order valence-electron chi connectivity index (χ3n) is 2.22. The summed E-state index contributed by atoms with van der Waals surface area (Å²) in [6, 6.07) is 0. The number of aliphatic hydroxyl groups is 1. The minimum Gasteiger partial charge on any atom is -0.387 e. The van der Waals surface area contributed by atoms with Gasteiger partial charge in [-0.2, -0.15) is 0 Å². The first-order valence-corrected chi connectivity index (χ1v) is 5.08. The Labute approximate surface area is 82.4 Å². The van der Waals surface area contributed by atoms with Crippen LogP contribution in [0.5, 0.6) is 0 Å². The van der Waals surface area contributed by atoms with Gasteiger partial charge in [-0.25, -0.2) is 4.98 Å². The minimum absolute atomic E-state index is 0.184. The van der Waals surface area contributed by atoms with E-state index in [1.54, 1.807) is 31.6 Å². The molecule has 0 radical (unpaired) electrons. The zero-order valence-electron chi connectivity index (χ0n) is 8.15. The Hall–Kier alpha value is -0.450. The van der Waals surface area contributed by atoms with Gasteiger partial charge in [-0.1, -0.05) is 0 Å². The predicted octanol–water partition coefficient (Wildman–Crippen LogP) is 1.47. The molecule has 1 aromatic heterocycles. The van der Waals surface area contributed by atoms with E-state index in [4.69, 9.17) is 4.74 Å². The Bertz CT molecular complexity index is 246. The van der Waals surface area contributed by atoms with Crippen LogP contribution in [0.15, 0.2) is 11.6 Å². The highest BCUT2D eigenvalue weighted by molar-refractivity contribution is 7.09. The standard InChI is InChI=1S/C9H15NO2S/c1-7(12-3)9(2,11)6-8-10-4-5-13-8/h4-5,7,11H,6H2,1-3H3. The van der Waals surface area contributed by atoms with Crippen molar-refractivity contribution in [2.75, 3.05) is 7.11 Å². The summed E-state index contributed by atoms with van der Waals surface area (Å²) in [5, 5.41) is 12.8. The van der Waals surface area contributed by atoms with Gasteiger partial charge in [0.1, 0.15) is 0 Å². The van der Waals surface area contributed by atoms with E-state index >= 15 is 0 Å². The van der Waals surface area contributed by atoms with Crippen LogP contribution in [0.25, 0.3) is 0 Å². The Balaban J connectivity index is 2.61. The van der Waals surface area contributed by atoms with E-state index in [9.17, 15) is 5.11 Å². The zero-order chi connectivity index (χ0) is 9.90. The lowest BCUT2D eigenvalue weighted by Gasteiger charge is -2.28. The zero-order valence-corrected chi connectivity index (χ0v) is 8.97. The lowest BCUT2D eigenvalue weighted by atomic mass is 9.97. The highest BCUT2D eigenvalue weighted by atomic mass is 32.1. The van der Waals surface area contributed by atoms with Gasteiger partial charge >= 0.3 is 0 Å². The summed E-state index contributed by atoms with van der Waals surface area (Å²) in [6.45, 7) is 3.62. The van der Waals surface area contributed by atoms with Gasteiger partial charge in [0.15, 0.2) is 0 Å². The molecule has 0 spiro atoms. The second kappa shape index (κ2) is 4.17. The van der Waals surface area contributed by atoms with Gasteiger partial charge in [0.25, 0.3) is 0 Å². The molecule has 0 fully saturated rings. The molecule has 0 aliphatic rings. The van der Waals surface area contributed by atoms with Gasteiger partial charge in [-0.15, -0.1) is 11.3 Å². The Morgan fingerprint density at radius 1 is 1.77 bits per heavy atom. The molecular formula is C9H15NO2S. The molecule has 3 nitrogen and oxygen atoms in total. The van der Waals surface area contributed by atoms with Crippen molar-refractivity contribution in [2.24, 2.45) is 0 Å². The Kier molecular flexibility index (Phi) is 3.41. The summed E-state index contributed by atoms with van der Waals surface area (Å²) in [6.07, 6.45) is 2.10. The first-order valence-electron chi connectivity index (χ1n) is 4.20. The largest absolute Gasteiger partial charge is 0.387 e. The van der Waals surface area contributed by atoms with Crippen molar-refractivity contribution in [2.45, 2.75) is 32.0 Å². The molecule has 2 atom stereocenters. The molecule has 1 rings (SSSR count). The van der Waals surface area contributed by atoms with Crippen molar-refractivity contribution in [1.29, 1.82) is 0 Å². The van der Waals surface area contributed by atoms with Gasteiger partial charge in [0, 0.05) is 25.1 Å². The number of ether oxygens (including phenoxy) is 1. The van der Waals surface area contributed by atoms with Gasteiger partial charge < -0.3 is 9.84 Å². The van der Waals surface area contributed by atoms with Crippen molar-refractivity contribution in [3.63, 3.8) is 0 Å². The van der Waals surface area contributed by atoms with Crippen molar-refractivity contribution in [1.82, 2.24) is 4.98 Å². The second-order valence-electron chi connectivity index (χ2n) is 3.34. The van der Waals surface area contributed by atoms with Crippen molar-refractivity contribution in [3.8, 4) is 0 Å². The molecule has 13 heavy (non-hydrogen) atoms. The highest BCUT2D eigenvalue weighted by Crippen LogP contribution is 2.20. The first kappa shape index (κ1) is 10.6. The molecule has 0 amide bonds. The molecular weight excluding hydrogens is 186 g/mol. The first-order chi connectivity index (χ1) is 6.06. The van der Waals surface area contributed by atoms with Gasteiger partial charge in [0.05, 0.1) is 16.7 Å². The van der Waals surface area contributed by atoms with Crippen LogP contribution in [0.1, 0.15) is 18.9 Å². The predicted molar refractivity (Wildman–Crippen MR) is 52.9 cm³/mol. The van der Waals surface area contributed by atoms with E-state index in [1.807, 2.05) is 12.3 Å². The quantitative estimate of drug-likeness (QED) is 0.802. The van der Waals surface area contributed by atoms with Crippen LogP contribution in [0.4, 0.5) is 0 Å². The van der Waals surface area contributed by atoms with Crippen LogP contribution in [0.2, 0.25) is 0 Å². The van der Waals surface area contributed by atoms with Crippen molar-refractivity contribution >= 4 is 11.3 Å². The summed E-state index contributed by atoms with van der Waals surface area (Å²) < 4.78 is 5.09. The molecule has 0 aliphatic carbocycles. The Morgan fingerprint density at radius 3 is 2.92 bits per heavy atom. The van der Waals surface area contributed by atoms with E-state index in [2.05, 4.69) is 4.98 Å². The average Bonchev–Trinajstić information content (AvgIpc) is 2.54. The van der Waals surface area contributed by atoms with E-state index < -0.39 is 5.60 Å². The summed E-state index contributed by atoms with van der Waals surface area (Å²) in [7, 11) is 1.60. The van der Waals surface area contributed by atoms with Crippen LogP contribution >= 0.6 is 11.3 Å². The number of methoxy groups -OCH3 is 1. The second-order valence-corrected chi connectivity index (χ2v) is 4.32. The normalized spacial score (nSPS) is 18.2. The fourth-order valence-electron chi connectivity index (χ4n) is 1.04. The van der Waals surface area contributed by atoms with E-state index in [1.165, 1.54) is 0 Å². The highest BCUT2D eigenvalue weighted by Gasteiger charge is 2.29. The van der Waals surface area contributed by atoms with Crippen LogP contribution < -0.4 is 0 Å². The third kappa shape index (κ3) is 2.76. The van der Waals surface area contributed by atoms with Gasteiger partial charge in [0.2, 0.25) is 0 Å². The van der Waals surface area contributed by atoms with Crippen LogP contribution in [-0.2, 0) is 11.2 Å². The van der Waals surface area contributed by atoms with E-state index in [-0.39, 0.29) is 6.10 Å². The monoisotopic (exact) mass is 201 g/mol. The number of nitrogens with zero attached hydrogens (tertiary/aromatic N) is 1. The van der Waals surface area contributed by atoms with E-state index in [0.29, 0.717) is 6.42 Å². The molecule has 0 aromatic carbocycles. The molecule has 0 saturated heterocycles.